The lowest BCUT2D eigenvalue weighted by molar-refractivity contribution is -0.268. The first kappa shape index (κ1) is 18.4. The van der Waals surface area contributed by atoms with E-state index in [9.17, 15) is 14.7 Å². The number of nitrogens with one attached hydrogen (secondary N) is 1. The van der Waals surface area contributed by atoms with Gasteiger partial charge in [-0.1, -0.05) is 30.3 Å². The van der Waals surface area contributed by atoms with Crippen molar-refractivity contribution < 1.29 is 28.9 Å². The fourth-order valence-electron chi connectivity index (χ4n) is 2.74. The lowest BCUT2D eigenvalue weighted by atomic mass is 9.96. The van der Waals surface area contributed by atoms with Crippen LogP contribution in [0, 0.1) is 0 Å². The molecule has 0 aliphatic carbocycles. The van der Waals surface area contributed by atoms with Gasteiger partial charge in [0, 0.05) is 13.8 Å². The molecule has 1 saturated heterocycles. The molecule has 1 aliphatic rings. The first-order chi connectivity index (χ1) is 11.4. The molecule has 1 amide bonds. The highest BCUT2D eigenvalue weighted by Gasteiger charge is 2.46. The molecule has 2 rings (SSSR count). The van der Waals surface area contributed by atoms with Gasteiger partial charge >= 0.3 is 5.97 Å². The summed E-state index contributed by atoms with van der Waals surface area (Å²) < 4.78 is 16.5. The zero-order valence-corrected chi connectivity index (χ0v) is 14.0. The van der Waals surface area contributed by atoms with E-state index in [1.165, 1.54) is 13.8 Å². The van der Waals surface area contributed by atoms with E-state index >= 15 is 0 Å². The molecule has 0 saturated carbocycles. The Bertz CT molecular complexity index is 563. The maximum absolute atomic E-state index is 11.5. The molecule has 24 heavy (non-hydrogen) atoms. The van der Waals surface area contributed by atoms with Gasteiger partial charge in [0.1, 0.15) is 6.10 Å². The van der Waals surface area contributed by atoms with Crippen LogP contribution in [0.1, 0.15) is 26.3 Å². The Hall–Kier alpha value is -1.96. The molecule has 0 bridgehead atoms. The molecule has 1 aliphatic heterocycles. The summed E-state index contributed by atoms with van der Waals surface area (Å²) in [6.45, 7) is 4.52. The third kappa shape index (κ3) is 4.77. The molecule has 0 spiro atoms. The second kappa shape index (κ2) is 8.23. The molecule has 0 unspecified atom stereocenters. The van der Waals surface area contributed by atoms with Crippen LogP contribution in [0.25, 0.3) is 0 Å². The Kier molecular flexibility index (Phi) is 6.30. The molecule has 5 atom stereocenters. The summed E-state index contributed by atoms with van der Waals surface area (Å²) in [5.74, 6) is -0.809. The predicted octanol–water partition coefficient (Wildman–Crippen LogP) is 0.745. The summed E-state index contributed by atoms with van der Waals surface area (Å²) in [6, 6.07) is 8.70. The van der Waals surface area contributed by atoms with Crippen LogP contribution in [0.2, 0.25) is 0 Å². The molecule has 2 N–H and O–H groups in total. The summed E-state index contributed by atoms with van der Waals surface area (Å²) in [7, 11) is 0. The van der Waals surface area contributed by atoms with Crippen molar-refractivity contribution in [3.63, 3.8) is 0 Å². The number of hydrogen-bond donors (Lipinski definition) is 2. The van der Waals surface area contributed by atoms with Gasteiger partial charge in [-0.15, -0.1) is 0 Å². The molecule has 132 valence electrons. The third-order valence-corrected chi connectivity index (χ3v) is 3.76. The van der Waals surface area contributed by atoms with Crippen LogP contribution >= 0.6 is 0 Å². The molecule has 0 aromatic heterocycles. The molecule has 7 nitrogen and oxygen atoms in total. The number of carbonyl (C=O) groups excluding carboxylic acids is 2. The van der Waals surface area contributed by atoms with Gasteiger partial charge in [-0.05, 0) is 12.5 Å². The number of benzene rings is 1. The number of aliphatic hydroxyl groups is 1. The standard InChI is InChI=1S/C17H23NO6/c1-10-15(24-12(3)20)14(18-11(2)19)16(17(21)23-10)22-9-13-7-5-4-6-8-13/h4-8,10,14-17,21H,9H2,1-3H3,(H,18,19)/t10-,14+,15+,16-,17+/m1/s1. The lowest BCUT2D eigenvalue weighted by Crippen LogP contribution is -2.64. The average molecular weight is 337 g/mol. The monoisotopic (exact) mass is 337 g/mol. The number of aliphatic hydroxyl groups excluding tert-OH is 1. The second-order valence-corrected chi connectivity index (χ2v) is 5.79. The first-order valence-corrected chi connectivity index (χ1v) is 7.82. The Morgan fingerprint density at radius 2 is 1.88 bits per heavy atom. The SMILES string of the molecule is CC(=O)N[C@H]1[C@@H](OC(C)=O)[C@@H](C)O[C@H](O)[C@@H]1OCc1ccccc1. The van der Waals surface area contributed by atoms with E-state index in [-0.39, 0.29) is 12.5 Å². The Morgan fingerprint density at radius 1 is 1.21 bits per heavy atom. The highest BCUT2D eigenvalue weighted by atomic mass is 16.7. The molecule has 1 aromatic rings. The van der Waals surface area contributed by atoms with Gasteiger partial charge in [-0.25, -0.2) is 0 Å². The quantitative estimate of drug-likeness (QED) is 0.770. The molecular formula is C17H23NO6. The molecule has 1 fully saturated rings. The topological polar surface area (TPSA) is 94.1 Å². The Balaban J connectivity index is 2.16. The molecule has 0 radical (unpaired) electrons. The minimum absolute atomic E-state index is 0.225. The van der Waals surface area contributed by atoms with Gasteiger partial charge in [-0.3, -0.25) is 9.59 Å². The molecular weight excluding hydrogens is 314 g/mol. The van der Waals surface area contributed by atoms with Crippen molar-refractivity contribution in [3.8, 4) is 0 Å². The predicted molar refractivity (Wildman–Crippen MR) is 84.7 cm³/mol. The van der Waals surface area contributed by atoms with E-state index in [0.717, 1.165) is 5.56 Å². The lowest BCUT2D eigenvalue weighted by Gasteiger charge is -2.43. The fourth-order valence-corrected chi connectivity index (χ4v) is 2.74. The van der Waals surface area contributed by atoms with E-state index in [4.69, 9.17) is 14.2 Å². The van der Waals surface area contributed by atoms with Crippen molar-refractivity contribution in [2.45, 2.75) is 58.0 Å². The smallest absolute Gasteiger partial charge is 0.303 e. The van der Waals surface area contributed by atoms with Crippen LogP contribution < -0.4 is 5.32 Å². The van der Waals surface area contributed by atoms with Crippen LogP contribution in [0.5, 0.6) is 0 Å². The summed E-state index contributed by atoms with van der Waals surface area (Å²) in [6.07, 6.45) is -3.45. The van der Waals surface area contributed by atoms with E-state index in [0.29, 0.717) is 0 Å². The fraction of sp³-hybridized carbons (Fsp3) is 0.529. The number of ether oxygens (including phenoxy) is 3. The van der Waals surface area contributed by atoms with Gasteiger partial charge in [0.25, 0.3) is 0 Å². The molecule has 1 heterocycles. The van der Waals surface area contributed by atoms with Crippen LogP contribution in [-0.4, -0.2) is 47.6 Å². The van der Waals surface area contributed by atoms with Crippen molar-refractivity contribution in [1.29, 1.82) is 0 Å². The van der Waals surface area contributed by atoms with Crippen molar-refractivity contribution in [2.24, 2.45) is 0 Å². The van der Waals surface area contributed by atoms with Crippen molar-refractivity contribution in [2.75, 3.05) is 0 Å². The minimum atomic E-state index is -1.24. The van der Waals surface area contributed by atoms with Crippen LogP contribution in [0.15, 0.2) is 30.3 Å². The van der Waals surface area contributed by atoms with E-state index in [1.54, 1.807) is 6.92 Å². The van der Waals surface area contributed by atoms with Gasteiger partial charge in [0.15, 0.2) is 12.4 Å². The number of rotatable bonds is 5. The Morgan fingerprint density at radius 3 is 2.46 bits per heavy atom. The highest BCUT2D eigenvalue weighted by molar-refractivity contribution is 5.73. The first-order valence-electron chi connectivity index (χ1n) is 7.82. The van der Waals surface area contributed by atoms with Crippen molar-refractivity contribution in [3.05, 3.63) is 35.9 Å². The highest BCUT2D eigenvalue weighted by Crippen LogP contribution is 2.25. The maximum Gasteiger partial charge on any atom is 0.303 e. The van der Waals surface area contributed by atoms with Crippen LogP contribution in [0.4, 0.5) is 0 Å². The molecule has 1 aromatic carbocycles. The summed E-state index contributed by atoms with van der Waals surface area (Å²) in [5.41, 5.74) is 0.911. The van der Waals surface area contributed by atoms with Gasteiger partial charge in [0.2, 0.25) is 5.91 Å². The van der Waals surface area contributed by atoms with Gasteiger partial charge in [0.05, 0.1) is 18.8 Å². The van der Waals surface area contributed by atoms with Gasteiger partial charge < -0.3 is 24.6 Å². The van der Waals surface area contributed by atoms with Crippen molar-refractivity contribution >= 4 is 11.9 Å². The number of amides is 1. The zero-order chi connectivity index (χ0) is 17.7. The van der Waals surface area contributed by atoms with E-state index in [2.05, 4.69) is 5.32 Å². The summed E-state index contributed by atoms with van der Waals surface area (Å²) in [4.78, 5) is 22.9. The van der Waals surface area contributed by atoms with Crippen LogP contribution in [0.3, 0.4) is 0 Å². The van der Waals surface area contributed by atoms with Crippen molar-refractivity contribution in [1.82, 2.24) is 5.32 Å². The number of esters is 1. The van der Waals surface area contributed by atoms with Gasteiger partial charge in [-0.2, -0.15) is 0 Å². The normalized spacial score (nSPS) is 29.8. The van der Waals surface area contributed by atoms with E-state index < -0.39 is 36.6 Å². The number of carbonyl (C=O) groups is 2. The summed E-state index contributed by atoms with van der Waals surface area (Å²) >= 11 is 0. The number of hydrogen-bond acceptors (Lipinski definition) is 6. The van der Waals surface area contributed by atoms with E-state index in [1.807, 2.05) is 30.3 Å². The zero-order valence-electron chi connectivity index (χ0n) is 14.0. The van der Waals surface area contributed by atoms with Crippen LogP contribution in [-0.2, 0) is 30.4 Å². The maximum atomic E-state index is 11.5. The third-order valence-electron chi connectivity index (χ3n) is 3.76. The molecule has 7 heteroatoms. The second-order valence-electron chi connectivity index (χ2n) is 5.79. The minimum Gasteiger partial charge on any atom is -0.457 e. The summed E-state index contributed by atoms with van der Waals surface area (Å²) in [5, 5.41) is 12.9. The largest absolute Gasteiger partial charge is 0.457 e. The Labute approximate surface area is 140 Å². The average Bonchev–Trinajstić information content (AvgIpc) is 2.51.